The van der Waals surface area contributed by atoms with E-state index in [0.717, 1.165) is 0 Å². The molecule has 0 fully saturated rings. The molecule has 6 heteroatoms. The van der Waals surface area contributed by atoms with Crippen molar-refractivity contribution in [2.24, 2.45) is 5.22 Å². The number of diazo groups is 1. The highest BCUT2D eigenvalue weighted by Crippen LogP contribution is 1.55. The van der Waals surface area contributed by atoms with E-state index in [2.05, 4.69) is 15.2 Å². The highest BCUT2D eigenvalue weighted by Gasteiger charge is 1.64. The first-order chi connectivity index (χ1) is 2.91. The monoisotopic (exact) mass is 85.0 g/mol. The average Bonchev–Trinajstić information content (AvgIpc) is 1.61. The molecule has 0 aromatic carbocycles. The molecular weight excluding hydrogens is 84.0 g/mol. The van der Waals surface area contributed by atoms with E-state index in [-0.39, 0.29) is 0 Å². The van der Waals surface area contributed by atoms with Crippen molar-refractivity contribution in [3.05, 3.63) is 15.5 Å². The Hall–Kier alpha value is -1.47. The van der Waals surface area contributed by atoms with Crippen molar-refractivity contribution in [1.82, 2.24) is 5.53 Å². The fourth-order valence-corrected chi connectivity index (χ4v) is 0.0400. The van der Waals surface area contributed by atoms with Gasteiger partial charge in [0, 0.05) is 10.8 Å². The van der Waals surface area contributed by atoms with Gasteiger partial charge in [-0.25, -0.2) is 0 Å². The SMILES string of the molecule is N#[N+]NN=[N+]=[N-]. The van der Waals surface area contributed by atoms with Crippen LogP contribution in [-0.2, 0) is 0 Å². The molecule has 0 aliphatic rings. The molecule has 0 saturated heterocycles. The molecule has 0 aromatic rings. The molecule has 0 spiro atoms. The molecule has 0 atom stereocenters. The van der Waals surface area contributed by atoms with Gasteiger partial charge in [0.1, 0.15) is 5.39 Å². The Balaban J connectivity index is 3.16. The zero-order valence-electron chi connectivity index (χ0n) is 2.74. The smallest absolute Gasteiger partial charge is 0.165 e. The van der Waals surface area contributed by atoms with Crippen LogP contribution in [0.1, 0.15) is 0 Å². The van der Waals surface area contributed by atoms with E-state index in [9.17, 15) is 0 Å². The summed E-state index contributed by atoms with van der Waals surface area (Å²) in [5, 5.41) is 12.3. The van der Waals surface area contributed by atoms with E-state index in [4.69, 9.17) is 10.9 Å². The molecule has 6 heavy (non-hydrogen) atoms. The quantitative estimate of drug-likeness (QED) is 0.166. The summed E-state index contributed by atoms with van der Waals surface area (Å²) in [5.74, 6) is 0. The van der Waals surface area contributed by atoms with Crippen molar-refractivity contribution in [3.8, 4) is 0 Å². The van der Waals surface area contributed by atoms with Crippen LogP contribution in [0.3, 0.4) is 0 Å². The Bertz CT molecular complexity index is 97.7. The second-order valence-corrected chi connectivity index (χ2v) is 0.389. The molecule has 0 aliphatic carbocycles. The van der Waals surface area contributed by atoms with Gasteiger partial charge in [-0.15, -0.1) is 5.53 Å². The predicted octanol–water partition coefficient (Wildman–Crippen LogP) is 0.569. The van der Waals surface area contributed by atoms with Crippen molar-refractivity contribution < 1.29 is 0 Å². The largest absolute Gasteiger partial charge is 0.190 e. The third-order valence-electron chi connectivity index (χ3n) is 0.134. The maximum absolute atomic E-state index is 7.45. The molecule has 0 bridgehead atoms. The second kappa shape index (κ2) is 3.53. The van der Waals surface area contributed by atoms with Gasteiger partial charge in [-0.2, -0.15) is 4.91 Å². The molecule has 0 amide bonds. The number of nitrogens with zero attached hydrogens (tertiary/aromatic N) is 5. The van der Waals surface area contributed by atoms with Gasteiger partial charge in [0.25, 0.3) is 0 Å². The van der Waals surface area contributed by atoms with Gasteiger partial charge in [-0.3, -0.25) is 0 Å². The Morgan fingerprint density at radius 1 is 1.83 bits per heavy atom. The molecule has 0 heterocycles. The Morgan fingerprint density at radius 3 is 2.67 bits per heavy atom. The second-order valence-electron chi connectivity index (χ2n) is 0.389. The lowest BCUT2D eigenvalue weighted by molar-refractivity contribution is 0.911. The van der Waals surface area contributed by atoms with Gasteiger partial charge in [-0.1, -0.05) is 0 Å². The molecule has 0 saturated carbocycles. The Morgan fingerprint density at radius 2 is 2.50 bits per heavy atom. The average molecular weight is 85.1 g/mol. The van der Waals surface area contributed by atoms with Crippen molar-refractivity contribution in [1.29, 1.82) is 5.39 Å². The van der Waals surface area contributed by atoms with Crippen LogP contribution in [0.25, 0.3) is 15.5 Å². The predicted molar refractivity (Wildman–Crippen MR) is 17.4 cm³/mol. The zero-order chi connectivity index (χ0) is 4.83. The van der Waals surface area contributed by atoms with Crippen LogP contribution >= 0.6 is 0 Å². The third kappa shape index (κ3) is 2.53. The standard InChI is InChI=1S/HN6/c1-3-5-6-4-2/h5H/q+1. The van der Waals surface area contributed by atoms with E-state index in [1.54, 1.807) is 5.53 Å². The summed E-state index contributed by atoms with van der Waals surface area (Å²) in [5.41, 5.74) is 9.01. The minimum Gasteiger partial charge on any atom is -0.165 e. The molecule has 0 rings (SSSR count). The first-order valence-electron chi connectivity index (χ1n) is 1.05. The minimum atomic E-state index is 1.59. The van der Waals surface area contributed by atoms with Crippen molar-refractivity contribution in [3.63, 3.8) is 0 Å². The van der Waals surface area contributed by atoms with Gasteiger partial charge in [0.15, 0.2) is 5.08 Å². The van der Waals surface area contributed by atoms with Crippen molar-refractivity contribution in [2.75, 3.05) is 0 Å². The Labute approximate surface area is 33.0 Å². The van der Waals surface area contributed by atoms with Crippen molar-refractivity contribution >= 4 is 0 Å². The van der Waals surface area contributed by atoms with Crippen molar-refractivity contribution in [2.45, 2.75) is 0 Å². The Kier molecular flexibility index (Phi) is 2.67. The summed E-state index contributed by atoms with van der Waals surface area (Å²) in [6.07, 6.45) is 0. The summed E-state index contributed by atoms with van der Waals surface area (Å²) in [6, 6.07) is 0. The normalized spacial score (nSPS) is 4.50. The van der Waals surface area contributed by atoms with Crippen LogP contribution in [0.5, 0.6) is 0 Å². The number of hydrogen-bond donors (Lipinski definition) is 1. The highest BCUT2D eigenvalue weighted by molar-refractivity contribution is 4.37. The molecule has 0 radical (unpaired) electrons. The van der Waals surface area contributed by atoms with Gasteiger partial charge in [-0.05, 0) is 0 Å². The van der Waals surface area contributed by atoms with Crippen LogP contribution in [-0.4, -0.2) is 0 Å². The summed E-state index contributed by atoms with van der Waals surface area (Å²) >= 11 is 0. The van der Waals surface area contributed by atoms with E-state index in [1.807, 2.05) is 0 Å². The van der Waals surface area contributed by atoms with Gasteiger partial charge in [0.05, 0.1) is 0 Å². The lowest BCUT2D eigenvalue weighted by Crippen LogP contribution is -1.81. The first-order valence-corrected chi connectivity index (χ1v) is 1.05. The molecular formula is HN6+. The number of hydrogen-bond acceptors (Lipinski definition) is 2. The molecule has 0 aliphatic heterocycles. The maximum Gasteiger partial charge on any atom is 0.190 e. The van der Waals surface area contributed by atoms with E-state index < -0.39 is 0 Å². The highest BCUT2D eigenvalue weighted by atomic mass is 15.6. The maximum atomic E-state index is 7.45. The molecule has 30 valence electrons. The van der Waals surface area contributed by atoms with E-state index in [1.165, 1.54) is 0 Å². The topological polar surface area (TPSA) is 88.9 Å². The van der Waals surface area contributed by atoms with Crippen LogP contribution in [0.2, 0.25) is 0 Å². The molecule has 0 aromatic heterocycles. The molecule has 0 unspecified atom stereocenters. The van der Waals surface area contributed by atoms with Crippen LogP contribution in [0.15, 0.2) is 5.22 Å². The summed E-state index contributed by atoms with van der Waals surface area (Å²) < 4.78 is 0. The van der Waals surface area contributed by atoms with Gasteiger partial charge >= 0.3 is 0 Å². The summed E-state index contributed by atoms with van der Waals surface area (Å²) in [7, 11) is 0. The lowest BCUT2D eigenvalue weighted by Gasteiger charge is -1.53. The van der Waals surface area contributed by atoms with Gasteiger partial charge in [0.2, 0.25) is 0 Å². The number of nitrogens with one attached hydrogen (secondary N) is 1. The number of azide groups is 1. The summed E-state index contributed by atoms with van der Waals surface area (Å²) in [4.78, 5) is 2.19. The molecule has 6 nitrogen and oxygen atoms in total. The van der Waals surface area contributed by atoms with E-state index in [0.29, 0.717) is 0 Å². The fraction of sp³-hybridized carbons (Fsp3) is 0. The minimum absolute atomic E-state index is 1.59. The van der Waals surface area contributed by atoms with Crippen LogP contribution in [0.4, 0.5) is 0 Å². The van der Waals surface area contributed by atoms with E-state index >= 15 is 0 Å². The fourth-order valence-electron chi connectivity index (χ4n) is 0.0400. The zero-order valence-corrected chi connectivity index (χ0v) is 2.74. The first kappa shape index (κ1) is 4.53. The lowest BCUT2D eigenvalue weighted by atomic mass is 12.4. The van der Waals surface area contributed by atoms with Gasteiger partial charge < -0.3 is 0 Å². The number of rotatable bonds is 1. The molecule has 1 N–H and O–H groups in total. The summed E-state index contributed by atoms with van der Waals surface area (Å²) in [6.45, 7) is 0. The van der Waals surface area contributed by atoms with Crippen LogP contribution < -0.4 is 5.53 Å². The van der Waals surface area contributed by atoms with Crippen LogP contribution in [0, 0.1) is 5.39 Å². The third-order valence-corrected chi connectivity index (χ3v) is 0.134.